The van der Waals surface area contributed by atoms with E-state index in [1.165, 1.54) is 0 Å². The van der Waals surface area contributed by atoms with Crippen LogP contribution in [0.3, 0.4) is 0 Å². The fraction of sp³-hybridized carbons (Fsp3) is 0.444. The standard InChI is InChI=1S/C18H25N3O5S/c1-4-26-16(22)9-10-19-18(23)20-11-12-27(24,25)17-13(2)21(3)15-8-6-5-7-14(15)17/h5-8H,4,9-12H2,1-3H3,(H2,19,20,23). The number of aryl methyl sites for hydroxylation is 1. The highest BCUT2D eigenvalue weighted by molar-refractivity contribution is 7.91. The molecule has 0 aliphatic carbocycles. The van der Waals surface area contributed by atoms with Crippen LogP contribution in [0.15, 0.2) is 29.2 Å². The molecule has 8 nitrogen and oxygen atoms in total. The minimum absolute atomic E-state index is 0.0315. The second kappa shape index (κ2) is 8.90. The molecule has 0 fully saturated rings. The molecule has 2 rings (SSSR count). The molecular formula is C18H25N3O5S. The molecule has 0 spiro atoms. The van der Waals surface area contributed by atoms with Crippen LogP contribution in [0.4, 0.5) is 4.79 Å². The number of ether oxygens (including phenoxy) is 1. The first kappa shape index (κ1) is 20.8. The third kappa shape index (κ3) is 5.00. The zero-order valence-corrected chi connectivity index (χ0v) is 16.6. The van der Waals surface area contributed by atoms with E-state index in [4.69, 9.17) is 4.74 Å². The van der Waals surface area contributed by atoms with E-state index in [9.17, 15) is 18.0 Å². The molecule has 148 valence electrons. The molecular weight excluding hydrogens is 370 g/mol. The van der Waals surface area contributed by atoms with E-state index in [0.717, 1.165) is 5.52 Å². The van der Waals surface area contributed by atoms with Crippen LogP contribution in [0, 0.1) is 6.92 Å². The van der Waals surface area contributed by atoms with Gasteiger partial charge in [0.1, 0.15) is 0 Å². The quantitative estimate of drug-likeness (QED) is 0.659. The van der Waals surface area contributed by atoms with E-state index < -0.39 is 21.8 Å². The molecule has 0 aliphatic heterocycles. The first-order valence-corrected chi connectivity index (χ1v) is 10.4. The molecule has 1 aromatic carbocycles. The van der Waals surface area contributed by atoms with Crippen LogP contribution in [-0.2, 0) is 26.4 Å². The van der Waals surface area contributed by atoms with Crippen molar-refractivity contribution >= 4 is 32.7 Å². The fourth-order valence-corrected chi connectivity index (χ4v) is 4.52. The number of nitrogens with zero attached hydrogens (tertiary/aromatic N) is 1. The number of aromatic nitrogens is 1. The monoisotopic (exact) mass is 395 g/mol. The van der Waals surface area contributed by atoms with Crippen molar-refractivity contribution in [1.82, 2.24) is 15.2 Å². The van der Waals surface area contributed by atoms with Crippen LogP contribution < -0.4 is 10.6 Å². The Morgan fingerprint density at radius 2 is 1.81 bits per heavy atom. The van der Waals surface area contributed by atoms with E-state index in [2.05, 4.69) is 10.6 Å². The molecule has 1 aromatic heterocycles. The molecule has 27 heavy (non-hydrogen) atoms. The lowest BCUT2D eigenvalue weighted by molar-refractivity contribution is -0.142. The summed E-state index contributed by atoms with van der Waals surface area (Å²) < 4.78 is 32.2. The highest BCUT2D eigenvalue weighted by Crippen LogP contribution is 2.29. The zero-order valence-electron chi connectivity index (χ0n) is 15.7. The predicted molar refractivity (Wildman–Crippen MR) is 102 cm³/mol. The second-order valence-corrected chi connectivity index (χ2v) is 8.09. The number of benzene rings is 1. The van der Waals surface area contributed by atoms with Gasteiger partial charge in [-0.05, 0) is 19.9 Å². The topological polar surface area (TPSA) is 106 Å². The number of hydrogen-bond acceptors (Lipinski definition) is 5. The lowest BCUT2D eigenvalue weighted by Gasteiger charge is -2.09. The average Bonchev–Trinajstić information content (AvgIpc) is 2.87. The van der Waals surface area contributed by atoms with Crippen molar-refractivity contribution in [3.8, 4) is 0 Å². The van der Waals surface area contributed by atoms with Crippen molar-refractivity contribution in [1.29, 1.82) is 0 Å². The number of carbonyl (C=O) groups is 2. The number of esters is 1. The molecule has 0 atom stereocenters. The fourth-order valence-electron chi connectivity index (χ4n) is 2.85. The van der Waals surface area contributed by atoms with Gasteiger partial charge in [0.25, 0.3) is 0 Å². The molecule has 1 heterocycles. The number of nitrogens with one attached hydrogen (secondary N) is 2. The summed E-state index contributed by atoms with van der Waals surface area (Å²) in [7, 11) is -1.75. The lowest BCUT2D eigenvalue weighted by Crippen LogP contribution is -2.39. The molecule has 2 N–H and O–H groups in total. The number of urea groups is 1. The maximum atomic E-state index is 12.8. The normalized spacial score (nSPS) is 11.4. The summed E-state index contributed by atoms with van der Waals surface area (Å²) in [5.41, 5.74) is 1.51. The van der Waals surface area contributed by atoms with E-state index >= 15 is 0 Å². The van der Waals surface area contributed by atoms with E-state index in [1.807, 2.05) is 23.7 Å². The van der Waals surface area contributed by atoms with Gasteiger partial charge in [0.2, 0.25) is 0 Å². The van der Waals surface area contributed by atoms with Gasteiger partial charge in [0.05, 0.1) is 23.7 Å². The predicted octanol–water partition coefficient (Wildman–Crippen LogP) is 1.51. The molecule has 9 heteroatoms. The number of para-hydroxylation sites is 1. The number of sulfone groups is 1. The van der Waals surface area contributed by atoms with Gasteiger partial charge in [0.15, 0.2) is 9.84 Å². The molecule has 0 unspecified atom stereocenters. The van der Waals surface area contributed by atoms with Crippen molar-refractivity contribution in [2.24, 2.45) is 7.05 Å². The Balaban J connectivity index is 1.94. The minimum Gasteiger partial charge on any atom is -0.466 e. The maximum absolute atomic E-state index is 12.8. The Hall–Kier alpha value is -2.55. The smallest absolute Gasteiger partial charge is 0.314 e. The van der Waals surface area contributed by atoms with Crippen LogP contribution in [-0.4, -0.2) is 50.4 Å². The average molecular weight is 395 g/mol. The SMILES string of the molecule is CCOC(=O)CCNC(=O)NCCS(=O)(=O)c1c(C)n(C)c2ccccc12. The third-order valence-electron chi connectivity index (χ3n) is 4.23. The number of carbonyl (C=O) groups excluding carboxylic acids is 2. The highest BCUT2D eigenvalue weighted by atomic mass is 32.2. The Bertz CT molecular complexity index is 934. The molecule has 0 aliphatic rings. The number of rotatable bonds is 8. The van der Waals surface area contributed by atoms with E-state index in [0.29, 0.717) is 16.0 Å². The van der Waals surface area contributed by atoms with Crippen LogP contribution in [0.25, 0.3) is 10.9 Å². The van der Waals surface area contributed by atoms with Gasteiger partial charge < -0.3 is 19.9 Å². The van der Waals surface area contributed by atoms with Crippen LogP contribution in [0.2, 0.25) is 0 Å². The van der Waals surface area contributed by atoms with Crippen molar-refractivity contribution in [2.75, 3.05) is 25.4 Å². The molecule has 2 amide bonds. The van der Waals surface area contributed by atoms with Crippen molar-refractivity contribution in [3.05, 3.63) is 30.0 Å². The number of amides is 2. The first-order chi connectivity index (χ1) is 12.8. The molecule has 0 saturated heterocycles. The molecule has 0 radical (unpaired) electrons. The zero-order chi connectivity index (χ0) is 20.0. The summed E-state index contributed by atoms with van der Waals surface area (Å²) in [6.45, 7) is 3.85. The summed E-state index contributed by atoms with van der Waals surface area (Å²) in [5.74, 6) is -0.612. The second-order valence-electron chi connectivity index (χ2n) is 6.05. The number of fused-ring (bicyclic) bond motifs is 1. The Labute approximate surface area is 158 Å². The van der Waals surface area contributed by atoms with Gasteiger partial charge in [-0.1, -0.05) is 18.2 Å². The van der Waals surface area contributed by atoms with Crippen molar-refractivity contribution in [2.45, 2.75) is 25.2 Å². The minimum atomic E-state index is -3.57. The Morgan fingerprint density at radius 3 is 2.52 bits per heavy atom. The summed E-state index contributed by atoms with van der Waals surface area (Å²) in [6, 6.07) is 6.79. The van der Waals surface area contributed by atoms with Gasteiger partial charge in [-0.15, -0.1) is 0 Å². The summed E-state index contributed by atoms with van der Waals surface area (Å²) in [4.78, 5) is 23.2. The van der Waals surface area contributed by atoms with Crippen molar-refractivity contribution in [3.63, 3.8) is 0 Å². The lowest BCUT2D eigenvalue weighted by atomic mass is 10.2. The van der Waals surface area contributed by atoms with Gasteiger partial charge >= 0.3 is 12.0 Å². The van der Waals surface area contributed by atoms with Crippen LogP contribution >= 0.6 is 0 Å². The van der Waals surface area contributed by atoms with E-state index in [1.54, 1.807) is 26.0 Å². The molecule has 0 saturated carbocycles. The van der Waals surface area contributed by atoms with Gasteiger partial charge in [0, 0.05) is 36.7 Å². The molecule has 0 bridgehead atoms. The van der Waals surface area contributed by atoms with Crippen LogP contribution in [0.5, 0.6) is 0 Å². The Morgan fingerprint density at radius 1 is 1.15 bits per heavy atom. The third-order valence-corrected chi connectivity index (χ3v) is 6.11. The van der Waals surface area contributed by atoms with Crippen molar-refractivity contribution < 1.29 is 22.7 Å². The number of hydrogen-bond donors (Lipinski definition) is 2. The van der Waals surface area contributed by atoms with Gasteiger partial charge in [-0.25, -0.2) is 13.2 Å². The van der Waals surface area contributed by atoms with E-state index in [-0.39, 0.29) is 31.9 Å². The van der Waals surface area contributed by atoms with Gasteiger partial charge in [-0.3, -0.25) is 4.79 Å². The summed E-state index contributed by atoms with van der Waals surface area (Å²) >= 11 is 0. The summed E-state index contributed by atoms with van der Waals surface area (Å²) in [6.07, 6.45) is 0.0642. The summed E-state index contributed by atoms with van der Waals surface area (Å²) in [5, 5.41) is 5.67. The largest absolute Gasteiger partial charge is 0.466 e. The molecule has 2 aromatic rings. The first-order valence-electron chi connectivity index (χ1n) is 8.72. The maximum Gasteiger partial charge on any atom is 0.314 e. The Kier molecular flexibility index (Phi) is 6.84. The van der Waals surface area contributed by atoms with Gasteiger partial charge in [-0.2, -0.15) is 0 Å². The van der Waals surface area contributed by atoms with Crippen LogP contribution in [0.1, 0.15) is 19.0 Å². The highest BCUT2D eigenvalue weighted by Gasteiger charge is 2.23.